The van der Waals surface area contributed by atoms with Crippen molar-refractivity contribution < 1.29 is 27.5 Å². The van der Waals surface area contributed by atoms with E-state index >= 15 is 0 Å². The van der Waals surface area contributed by atoms with E-state index in [0.29, 0.717) is 24.4 Å². The zero-order valence-corrected chi connectivity index (χ0v) is 26.2. The Kier molecular flexibility index (Phi) is 11.0. The van der Waals surface area contributed by atoms with Crippen molar-refractivity contribution in [3.05, 3.63) is 82.9 Å². The second kappa shape index (κ2) is 14.2. The molecule has 3 rings (SSSR count). The molecular formula is C32H41N3O6S. The van der Waals surface area contributed by atoms with Crippen molar-refractivity contribution in [3.63, 3.8) is 0 Å². The van der Waals surface area contributed by atoms with E-state index in [0.717, 1.165) is 26.6 Å². The molecule has 3 aromatic rings. The summed E-state index contributed by atoms with van der Waals surface area (Å²) >= 11 is 0. The standard InChI is InChI=1S/C32H41N3O6S/c1-8-28(32(37)33-9-2)34(20-25-13-11-10-12-24(25)5)31(36)21-35(26-17-22(3)16-23(4)18-26)42(38,39)27-14-15-29(40-6)30(19-27)41-7/h10-19,28H,8-9,20-21H2,1-7H3,(H,33,37)/t28-/m1/s1. The lowest BCUT2D eigenvalue weighted by molar-refractivity contribution is -0.140. The van der Waals surface area contributed by atoms with Crippen molar-refractivity contribution >= 4 is 27.5 Å². The number of nitrogens with one attached hydrogen (secondary N) is 1. The first kappa shape index (κ1) is 32.5. The number of benzene rings is 3. The fraction of sp³-hybridized carbons (Fsp3) is 0.375. The van der Waals surface area contributed by atoms with Crippen molar-refractivity contribution in [2.75, 3.05) is 31.6 Å². The van der Waals surface area contributed by atoms with Crippen molar-refractivity contribution in [3.8, 4) is 11.5 Å². The van der Waals surface area contributed by atoms with Crippen LogP contribution in [0.3, 0.4) is 0 Å². The van der Waals surface area contributed by atoms with Crippen LogP contribution in [-0.2, 0) is 26.2 Å². The smallest absolute Gasteiger partial charge is 0.264 e. The molecule has 0 aliphatic rings. The van der Waals surface area contributed by atoms with Crippen LogP contribution in [0.5, 0.6) is 11.5 Å². The number of carbonyl (C=O) groups excluding carboxylic acids is 2. The lowest BCUT2D eigenvalue weighted by Gasteiger charge is -2.33. The average Bonchev–Trinajstić information content (AvgIpc) is 2.95. The molecule has 42 heavy (non-hydrogen) atoms. The molecule has 0 heterocycles. The molecule has 9 nitrogen and oxygen atoms in total. The molecule has 0 spiro atoms. The molecule has 0 saturated heterocycles. The van der Waals surface area contributed by atoms with Gasteiger partial charge in [-0.05, 0) is 80.6 Å². The van der Waals surface area contributed by atoms with Crippen LogP contribution in [0.1, 0.15) is 42.5 Å². The molecule has 0 unspecified atom stereocenters. The molecule has 10 heteroatoms. The van der Waals surface area contributed by atoms with E-state index < -0.39 is 28.5 Å². The number of amides is 2. The Labute approximate surface area is 249 Å². The van der Waals surface area contributed by atoms with Gasteiger partial charge in [0.15, 0.2) is 11.5 Å². The minimum absolute atomic E-state index is 0.0617. The molecule has 1 atom stereocenters. The van der Waals surface area contributed by atoms with Gasteiger partial charge in [0.2, 0.25) is 11.8 Å². The van der Waals surface area contributed by atoms with Crippen LogP contribution in [0.2, 0.25) is 0 Å². The predicted octanol–water partition coefficient (Wildman–Crippen LogP) is 4.77. The maximum absolute atomic E-state index is 14.2. The van der Waals surface area contributed by atoms with Crippen molar-refractivity contribution in [2.24, 2.45) is 0 Å². The first-order valence-electron chi connectivity index (χ1n) is 13.9. The van der Waals surface area contributed by atoms with Gasteiger partial charge >= 0.3 is 0 Å². The van der Waals surface area contributed by atoms with Gasteiger partial charge in [-0.3, -0.25) is 13.9 Å². The molecule has 0 fully saturated rings. The number of nitrogens with zero attached hydrogens (tertiary/aromatic N) is 2. The summed E-state index contributed by atoms with van der Waals surface area (Å²) in [5.41, 5.74) is 3.86. The number of sulfonamides is 1. The first-order chi connectivity index (χ1) is 20.0. The molecule has 3 aromatic carbocycles. The third kappa shape index (κ3) is 7.42. The second-order valence-corrected chi connectivity index (χ2v) is 12.0. The van der Waals surface area contributed by atoms with Gasteiger partial charge in [0, 0.05) is 19.2 Å². The number of hydrogen-bond acceptors (Lipinski definition) is 6. The minimum Gasteiger partial charge on any atom is -0.493 e. The van der Waals surface area contributed by atoms with E-state index in [2.05, 4.69) is 5.32 Å². The summed E-state index contributed by atoms with van der Waals surface area (Å²) < 4.78 is 40.3. The van der Waals surface area contributed by atoms with Gasteiger partial charge in [-0.2, -0.15) is 0 Å². The molecule has 0 aromatic heterocycles. The summed E-state index contributed by atoms with van der Waals surface area (Å²) in [5.74, 6) is -0.168. The van der Waals surface area contributed by atoms with Gasteiger partial charge < -0.3 is 19.7 Å². The molecule has 0 aliphatic carbocycles. The Morgan fingerprint density at radius 2 is 1.52 bits per heavy atom. The van der Waals surface area contributed by atoms with Crippen molar-refractivity contribution in [1.29, 1.82) is 0 Å². The maximum atomic E-state index is 14.2. The van der Waals surface area contributed by atoms with Crippen LogP contribution in [-0.4, -0.2) is 58.5 Å². The van der Waals surface area contributed by atoms with Crippen LogP contribution in [0.15, 0.2) is 65.6 Å². The zero-order chi connectivity index (χ0) is 31.0. The largest absolute Gasteiger partial charge is 0.493 e. The van der Waals surface area contributed by atoms with E-state index in [-0.39, 0.29) is 23.1 Å². The molecule has 226 valence electrons. The lowest BCUT2D eigenvalue weighted by atomic mass is 10.1. The Balaban J connectivity index is 2.15. The topological polar surface area (TPSA) is 105 Å². The molecule has 0 radical (unpaired) electrons. The van der Waals surface area contributed by atoms with Crippen LogP contribution in [0, 0.1) is 20.8 Å². The highest BCUT2D eigenvalue weighted by Crippen LogP contribution is 2.33. The van der Waals surface area contributed by atoms with Crippen LogP contribution in [0.4, 0.5) is 5.69 Å². The number of ether oxygens (including phenoxy) is 2. The normalized spacial score (nSPS) is 11.9. The van der Waals surface area contributed by atoms with E-state index in [1.807, 2.05) is 65.0 Å². The number of carbonyl (C=O) groups is 2. The average molecular weight is 596 g/mol. The molecule has 0 aliphatic heterocycles. The number of likely N-dealkylation sites (N-methyl/N-ethyl adjacent to an activating group) is 1. The third-order valence-electron chi connectivity index (χ3n) is 7.06. The van der Waals surface area contributed by atoms with Crippen LogP contribution >= 0.6 is 0 Å². The Morgan fingerprint density at radius 1 is 0.881 bits per heavy atom. The quantitative estimate of drug-likeness (QED) is 0.305. The van der Waals surface area contributed by atoms with Gasteiger partial charge in [0.25, 0.3) is 10.0 Å². The maximum Gasteiger partial charge on any atom is 0.264 e. The van der Waals surface area contributed by atoms with Gasteiger partial charge in [0.1, 0.15) is 12.6 Å². The summed E-state index contributed by atoms with van der Waals surface area (Å²) in [7, 11) is -1.38. The zero-order valence-electron chi connectivity index (χ0n) is 25.4. The number of anilines is 1. The fourth-order valence-corrected chi connectivity index (χ4v) is 6.32. The van der Waals surface area contributed by atoms with Crippen LogP contribution < -0.4 is 19.1 Å². The number of rotatable bonds is 13. The monoisotopic (exact) mass is 595 g/mol. The highest BCUT2D eigenvalue weighted by atomic mass is 32.2. The summed E-state index contributed by atoms with van der Waals surface area (Å²) in [4.78, 5) is 28.8. The SMILES string of the molecule is CCNC(=O)[C@@H](CC)N(Cc1ccccc1C)C(=O)CN(c1cc(C)cc(C)c1)S(=O)(=O)c1ccc(OC)c(OC)c1. The van der Waals surface area contributed by atoms with E-state index in [9.17, 15) is 18.0 Å². The molecular weight excluding hydrogens is 554 g/mol. The summed E-state index contributed by atoms with van der Waals surface area (Å²) in [5, 5.41) is 2.82. The number of aryl methyl sites for hydroxylation is 3. The molecule has 1 N–H and O–H groups in total. The van der Waals surface area contributed by atoms with E-state index in [1.54, 1.807) is 12.1 Å². The van der Waals surface area contributed by atoms with Gasteiger partial charge in [-0.25, -0.2) is 8.42 Å². The summed E-state index contributed by atoms with van der Waals surface area (Å²) in [6, 6.07) is 16.5. The molecule has 2 amide bonds. The van der Waals surface area contributed by atoms with Gasteiger partial charge in [-0.1, -0.05) is 37.3 Å². The number of hydrogen-bond donors (Lipinski definition) is 1. The highest BCUT2D eigenvalue weighted by Gasteiger charge is 2.34. The van der Waals surface area contributed by atoms with Crippen molar-refractivity contribution in [1.82, 2.24) is 10.2 Å². The number of methoxy groups -OCH3 is 2. The Hall–Kier alpha value is -4.05. The predicted molar refractivity (Wildman–Crippen MR) is 164 cm³/mol. The fourth-order valence-electron chi connectivity index (χ4n) is 4.91. The lowest BCUT2D eigenvalue weighted by Crippen LogP contribution is -2.52. The molecule has 0 saturated carbocycles. The van der Waals surface area contributed by atoms with E-state index in [4.69, 9.17) is 9.47 Å². The summed E-state index contributed by atoms with van der Waals surface area (Å²) in [6.45, 7) is 9.37. The molecule has 0 bridgehead atoms. The highest BCUT2D eigenvalue weighted by molar-refractivity contribution is 7.92. The van der Waals surface area contributed by atoms with E-state index in [1.165, 1.54) is 37.3 Å². The summed E-state index contributed by atoms with van der Waals surface area (Å²) in [6.07, 6.45) is 0.357. The second-order valence-electron chi connectivity index (χ2n) is 10.1. The van der Waals surface area contributed by atoms with Gasteiger partial charge in [0.05, 0.1) is 24.8 Å². The van der Waals surface area contributed by atoms with Crippen molar-refractivity contribution in [2.45, 2.75) is 58.5 Å². The van der Waals surface area contributed by atoms with Gasteiger partial charge in [-0.15, -0.1) is 0 Å². The Morgan fingerprint density at radius 3 is 2.10 bits per heavy atom. The first-order valence-corrected chi connectivity index (χ1v) is 15.4. The van der Waals surface area contributed by atoms with Crippen LogP contribution in [0.25, 0.3) is 0 Å². The minimum atomic E-state index is -4.27. The third-order valence-corrected chi connectivity index (χ3v) is 8.83. The Bertz CT molecular complexity index is 1500.